The second-order valence-corrected chi connectivity index (χ2v) is 7.80. The summed E-state index contributed by atoms with van der Waals surface area (Å²) in [5, 5.41) is 7.49. The van der Waals surface area contributed by atoms with Crippen LogP contribution < -0.4 is 10.6 Å². The number of esters is 1. The highest BCUT2D eigenvalue weighted by Crippen LogP contribution is 2.36. The summed E-state index contributed by atoms with van der Waals surface area (Å²) in [6.07, 6.45) is 0. The van der Waals surface area contributed by atoms with Gasteiger partial charge in [0.05, 0.1) is 12.2 Å². The smallest absolute Gasteiger partial charge is 0.341 e. The normalized spacial score (nSPS) is 10.4. The van der Waals surface area contributed by atoms with Crippen molar-refractivity contribution in [2.24, 2.45) is 0 Å². The molecular formula is C22H22N2O2S2. The monoisotopic (exact) mass is 410 g/mol. The number of ether oxygens (including phenoxy) is 1. The van der Waals surface area contributed by atoms with E-state index in [-0.39, 0.29) is 5.97 Å². The molecule has 0 saturated carbocycles. The number of carbonyl (C=O) groups is 1. The lowest BCUT2D eigenvalue weighted by molar-refractivity contribution is 0.0528. The number of hydrogen-bond donors (Lipinski definition) is 2. The maximum atomic E-state index is 12.4. The van der Waals surface area contributed by atoms with Crippen molar-refractivity contribution in [1.82, 2.24) is 0 Å². The van der Waals surface area contributed by atoms with Crippen LogP contribution >= 0.6 is 23.6 Å². The van der Waals surface area contributed by atoms with Crippen molar-refractivity contribution in [3.05, 3.63) is 71.3 Å². The van der Waals surface area contributed by atoms with Gasteiger partial charge in [-0.05, 0) is 61.8 Å². The van der Waals surface area contributed by atoms with Crippen molar-refractivity contribution in [2.45, 2.75) is 20.8 Å². The molecule has 2 aromatic carbocycles. The zero-order chi connectivity index (χ0) is 20.1. The molecule has 28 heavy (non-hydrogen) atoms. The molecule has 0 atom stereocenters. The quantitative estimate of drug-likeness (QED) is 0.398. The van der Waals surface area contributed by atoms with Gasteiger partial charge < -0.3 is 15.4 Å². The Morgan fingerprint density at radius 1 is 1.07 bits per heavy atom. The van der Waals surface area contributed by atoms with Crippen LogP contribution in [0.5, 0.6) is 0 Å². The molecule has 2 N–H and O–H groups in total. The molecule has 144 valence electrons. The standard InChI is InChI=1S/C22H22N2O2S2/c1-4-26-21(25)17-13-19(16-8-6-5-7-9-16)28-20(17)24-22(27)23-18-12-14(2)10-11-15(18)3/h5-13H,4H2,1-3H3,(H2,23,24,27). The molecule has 3 aromatic rings. The number of anilines is 2. The van der Waals surface area contributed by atoms with Gasteiger partial charge in [0.2, 0.25) is 0 Å². The van der Waals surface area contributed by atoms with E-state index < -0.39 is 0 Å². The maximum Gasteiger partial charge on any atom is 0.341 e. The van der Waals surface area contributed by atoms with E-state index in [0.717, 1.165) is 27.3 Å². The van der Waals surface area contributed by atoms with E-state index in [1.165, 1.54) is 11.3 Å². The van der Waals surface area contributed by atoms with Gasteiger partial charge in [-0.15, -0.1) is 11.3 Å². The fraction of sp³-hybridized carbons (Fsp3) is 0.182. The topological polar surface area (TPSA) is 50.4 Å². The molecule has 0 saturated heterocycles. The van der Waals surface area contributed by atoms with E-state index in [4.69, 9.17) is 17.0 Å². The fourth-order valence-electron chi connectivity index (χ4n) is 2.72. The number of benzene rings is 2. The lowest BCUT2D eigenvalue weighted by atomic mass is 10.1. The summed E-state index contributed by atoms with van der Waals surface area (Å²) in [5.41, 5.74) is 4.70. The summed E-state index contributed by atoms with van der Waals surface area (Å²) < 4.78 is 5.22. The SMILES string of the molecule is CCOC(=O)c1cc(-c2ccccc2)sc1NC(=S)Nc1cc(C)ccc1C. The summed E-state index contributed by atoms with van der Waals surface area (Å²) in [4.78, 5) is 13.4. The Balaban J connectivity index is 1.87. The molecule has 0 amide bonds. The van der Waals surface area contributed by atoms with Crippen molar-refractivity contribution in [3.63, 3.8) is 0 Å². The van der Waals surface area contributed by atoms with E-state index in [9.17, 15) is 4.79 Å². The molecule has 0 bridgehead atoms. The number of rotatable bonds is 5. The molecular weight excluding hydrogens is 388 g/mol. The molecule has 0 fully saturated rings. The van der Waals surface area contributed by atoms with Gasteiger partial charge in [-0.25, -0.2) is 4.79 Å². The van der Waals surface area contributed by atoms with Crippen LogP contribution in [0.3, 0.4) is 0 Å². The minimum Gasteiger partial charge on any atom is -0.462 e. The van der Waals surface area contributed by atoms with Gasteiger partial charge in [-0.2, -0.15) is 0 Å². The zero-order valence-electron chi connectivity index (χ0n) is 16.0. The van der Waals surface area contributed by atoms with Crippen LogP contribution in [0.4, 0.5) is 10.7 Å². The molecule has 0 unspecified atom stereocenters. The first kappa shape index (κ1) is 20.0. The predicted molar refractivity (Wildman–Crippen MR) is 121 cm³/mol. The highest BCUT2D eigenvalue weighted by atomic mass is 32.1. The van der Waals surface area contributed by atoms with E-state index in [0.29, 0.717) is 22.3 Å². The van der Waals surface area contributed by atoms with E-state index >= 15 is 0 Å². The largest absolute Gasteiger partial charge is 0.462 e. The molecule has 0 aliphatic carbocycles. The molecule has 4 nitrogen and oxygen atoms in total. The second kappa shape index (κ2) is 8.99. The molecule has 0 radical (unpaired) electrons. The predicted octanol–water partition coefficient (Wildman–Crippen LogP) is 6.02. The number of aryl methyl sites for hydroxylation is 2. The van der Waals surface area contributed by atoms with Gasteiger partial charge in [-0.1, -0.05) is 42.5 Å². The van der Waals surface area contributed by atoms with E-state index in [1.54, 1.807) is 6.92 Å². The van der Waals surface area contributed by atoms with Gasteiger partial charge in [-0.3, -0.25) is 0 Å². The van der Waals surface area contributed by atoms with Gasteiger partial charge in [0.1, 0.15) is 5.00 Å². The van der Waals surface area contributed by atoms with Gasteiger partial charge in [0, 0.05) is 10.6 Å². The Kier molecular flexibility index (Phi) is 6.44. The fourth-order valence-corrected chi connectivity index (χ4v) is 4.05. The first-order valence-electron chi connectivity index (χ1n) is 8.99. The summed E-state index contributed by atoms with van der Waals surface area (Å²) in [6, 6.07) is 17.9. The number of carbonyl (C=O) groups excluding carboxylic acids is 1. The first-order valence-corrected chi connectivity index (χ1v) is 10.2. The molecule has 6 heteroatoms. The Morgan fingerprint density at radius 2 is 1.82 bits per heavy atom. The van der Waals surface area contributed by atoms with Gasteiger partial charge in [0.25, 0.3) is 0 Å². The van der Waals surface area contributed by atoms with Crippen LogP contribution in [0.1, 0.15) is 28.4 Å². The lowest BCUT2D eigenvalue weighted by Gasteiger charge is -2.13. The maximum absolute atomic E-state index is 12.4. The van der Waals surface area contributed by atoms with Crippen molar-refractivity contribution in [3.8, 4) is 10.4 Å². The number of thiocarbonyl (C=S) groups is 1. The molecule has 1 heterocycles. The van der Waals surface area contributed by atoms with E-state index in [2.05, 4.69) is 16.7 Å². The van der Waals surface area contributed by atoms with Crippen LogP contribution in [0.15, 0.2) is 54.6 Å². The molecule has 1 aromatic heterocycles. The van der Waals surface area contributed by atoms with Crippen molar-refractivity contribution >= 4 is 45.3 Å². The average Bonchev–Trinajstić information content (AvgIpc) is 3.09. The van der Waals surface area contributed by atoms with Crippen molar-refractivity contribution < 1.29 is 9.53 Å². The summed E-state index contributed by atoms with van der Waals surface area (Å²) >= 11 is 6.96. The molecule has 3 rings (SSSR count). The second-order valence-electron chi connectivity index (χ2n) is 6.34. The van der Waals surface area contributed by atoms with E-state index in [1.807, 2.05) is 62.4 Å². The van der Waals surface area contributed by atoms with Crippen LogP contribution in [0.2, 0.25) is 0 Å². The summed E-state index contributed by atoms with van der Waals surface area (Å²) in [5.74, 6) is -0.363. The third kappa shape index (κ3) is 4.77. The molecule has 0 aliphatic rings. The van der Waals surface area contributed by atoms with Crippen LogP contribution in [0.25, 0.3) is 10.4 Å². The average molecular weight is 411 g/mol. The zero-order valence-corrected chi connectivity index (χ0v) is 17.7. The minimum atomic E-state index is -0.363. The first-order chi connectivity index (χ1) is 13.5. The van der Waals surface area contributed by atoms with Gasteiger partial charge >= 0.3 is 5.97 Å². The number of nitrogens with one attached hydrogen (secondary N) is 2. The van der Waals surface area contributed by atoms with Crippen LogP contribution in [-0.4, -0.2) is 17.7 Å². The van der Waals surface area contributed by atoms with Crippen LogP contribution in [0, 0.1) is 13.8 Å². The Morgan fingerprint density at radius 3 is 2.54 bits per heavy atom. The van der Waals surface area contributed by atoms with Crippen LogP contribution in [-0.2, 0) is 4.74 Å². The highest BCUT2D eigenvalue weighted by Gasteiger charge is 2.19. The summed E-state index contributed by atoms with van der Waals surface area (Å²) in [7, 11) is 0. The lowest BCUT2D eigenvalue weighted by Crippen LogP contribution is -2.20. The summed E-state index contributed by atoms with van der Waals surface area (Å²) in [6.45, 7) is 6.17. The van der Waals surface area contributed by atoms with Crippen molar-refractivity contribution in [2.75, 3.05) is 17.2 Å². The third-order valence-corrected chi connectivity index (χ3v) is 5.46. The van der Waals surface area contributed by atoms with Gasteiger partial charge in [0.15, 0.2) is 5.11 Å². The number of thiophene rings is 1. The van der Waals surface area contributed by atoms with Crippen molar-refractivity contribution in [1.29, 1.82) is 0 Å². The Bertz CT molecular complexity index is 997. The third-order valence-electron chi connectivity index (χ3n) is 4.15. The molecule has 0 aliphatic heterocycles. The Hall–Kier alpha value is -2.70. The highest BCUT2D eigenvalue weighted by molar-refractivity contribution is 7.80. The molecule has 0 spiro atoms. The Labute approximate surface area is 174 Å². The number of hydrogen-bond acceptors (Lipinski definition) is 4. The minimum absolute atomic E-state index is 0.319.